The van der Waals surface area contributed by atoms with Gasteiger partial charge in [-0.15, -0.1) is 0 Å². The monoisotopic (exact) mass is 412 g/mol. The number of aromatic nitrogens is 2. The van der Waals surface area contributed by atoms with Gasteiger partial charge in [0.1, 0.15) is 5.75 Å². The van der Waals surface area contributed by atoms with Gasteiger partial charge in [-0.1, -0.05) is 0 Å². The summed E-state index contributed by atoms with van der Waals surface area (Å²) < 4.78 is 35.5. The number of hydrogen-bond acceptors (Lipinski definition) is 6. The first-order valence-corrected chi connectivity index (χ1v) is 10.9. The Bertz CT molecular complexity index is 1210. The number of aryl methyl sites for hydroxylation is 1. The van der Waals surface area contributed by atoms with Gasteiger partial charge in [0.15, 0.2) is 15.5 Å². The van der Waals surface area contributed by atoms with Gasteiger partial charge in [-0.25, -0.2) is 17.9 Å². The molecule has 1 aromatic heterocycles. The number of carbonyl (C=O) groups excluding carboxylic acids is 1. The smallest absolute Gasteiger partial charge is 0.358 e. The average Bonchev–Trinajstić information content (AvgIpc) is 3.12. The van der Waals surface area contributed by atoms with Crippen molar-refractivity contribution in [1.82, 2.24) is 9.78 Å². The van der Waals surface area contributed by atoms with Crippen LogP contribution in [0.15, 0.2) is 47.4 Å². The standard InChI is InChI=1S/C21H20N2O5S/c1-27-15-7-11-17-13(12-15)4-10-18-19(21(24)28-2)22-23(20(17)18)14-5-8-16(9-6-14)29(3,25)26/h5-9,11-12H,4,10H2,1-3H3. The molecule has 0 unspecified atom stereocenters. The van der Waals surface area contributed by atoms with Crippen molar-refractivity contribution >= 4 is 15.8 Å². The Balaban J connectivity index is 1.93. The molecule has 4 rings (SSSR count). The molecule has 150 valence electrons. The quantitative estimate of drug-likeness (QED) is 0.613. The van der Waals surface area contributed by atoms with E-state index in [1.54, 1.807) is 23.9 Å². The molecule has 7 nitrogen and oxygen atoms in total. The number of methoxy groups -OCH3 is 2. The third-order valence-electron chi connectivity index (χ3n) is 5.08. The Morgan fingerprint density at radius 2 is 1.79 bits per heavy atom. The van der Waals surface area contributed by atoms with Crippen LogP contribution in [0, 0.1) is 0 Å². The molecular formula is C21H20N2O5S. The van der Waals surface area contributed by atoms with Crippen LogP contribution in [0.5, 0.6) is 5.75 Å². The number of fused-ring (bicyclic) bond motifs is 3. The number of ether oxygens (including phenoxy) is 2. The Kier molecular flexibility index (Phi) is 4.66. The van der Waals surface area contributed by atoms with Crippen molar-refractivity contribution in [1.29, 1.82) is 0 Å². The summed E-state index contributed by atoms with van der Waals surface area (Å²) in [6, 6.07) is 12.2. The summed E-state index contributed by atoms with van der Waals surface area (Å²) >= 11 is 0. The van der Waals surface area contributed by atoms with E-state index in [-0.39, 0.29) is 10.6 Å². The highest BCUT2D eigenvalue weighted by molar-refractivity contribution is 7.90. The van der Waals surface area contributed by atoms with E-state index in [0.717, 1.165) is 40.8 Å². The maximum Gasteiger partial charge on any atom is 0.358 e. The summed E-state index contributed by atoms with van der Waals surface area (Å²) in [5.41, 5.74) is 4.62. The minimum absolute atomic E-state index is 0.223. The third-order valence-corrected chi connectivity index (χ3v) is 6.21. The van der Waals surface area contributed by atoms with Gasteiger partial charge in [-0.05, 0) is 60.9 Å². The van der Waals surface area contributed by atoms with Gasteiger partial charge in [0, 0.05) is 17.4 Å². The molecule has 0 saturated carbocycles. The summed E-state index contributed by atoms with van der Waals surface area (Å²) in [5.74, 6) is 0.272. The van der Waals surface area contributed by atoms with Gasteiger partial charge >= 0.3 is 5.97 Å². The van der Waals surface area contributed by atoms with E-state index >= 15 is 0 Å². The predicted molar refractivity (Wildman–Crippen MR) is 107 cm³/mol. The van der Waals surface area contributed by atoms with Gasteiger partial charge in [0.2, 0.25) is 0 Å². The zero-order valence-corrected chi connectivity index (χ0v) is 17.1. The Morgan fingerprint density at radius 1 is 1.07 bits per heavy atom. The topological polar surface area (TPSA) is 87.5 Å². The van der Waals surface area contributed by atoms with Gasteiger partial charge in [0.05, 0.1) is 30.5 Å². The molecule has 1 aliphatic rings. The second-order valence-corrected chi connectivity index (χ2v) is 8.88. The fraction of sp³-hybridized carbons (Fsp3) is 0.238. The highest BCUT2D eigenvalue weighted by atomic mass is 32.2. The first-order valence-electron chi connectivity index (χ1n) is 9.01. The molecule has 0 spiro atoms. The Labute approximate surface area is 168 Å². The maximum absolute atomic E-state index is 12.3. The number of benzene rings is 2. The lowest BCUT2D eigenvalue weighted by Gasteiger charge is -2.19. The molecule has 0 amide bonds. The van der Waals surface area contributed by atoms with Gasteiger partial charge in [-0.3, -0.25) is 0 Å². The van der Waals surface area contributed by atoms with Crippen LogP contribution in [-0.4, -0.2) is 44.6 Å². The van der Waals surface area contributed by atoms with Crippen LogP contribution in [-0.2, 0) is 27.4 Å². The SMILES string of the molecule is COC(=O)c1nn(-c2ccc(S(C)(=O)=O)cc2)c2c1CCc1cc(OC)ccc1-2. The van der Waals surface area contributed by atoms with E-state index in [4.69, 9.17) is 9.47 Å². The summed E-state index contributed by atoms with van der Waals surface area (Å²) in [6.45, 7) is 0. The molecule has 0 bridgehead atoms. The van der Waals surface area contributed by atoms with Crippen LogP contribution in [0.1, 0.15) is 21.6 Å². The summed E-state index contributed by atoms with van der Waals surface area (Å²) in [5, 5.41) is 4.53. The van der Waals surface area contributed by atoms with Crippen LogP contribution in [0.4, 0.5) is 0 Å². The van der Waals surface area contributed by atoms with E-state index in [1.165, 1.54) is 19.2 Å². The molecule has 0 radical (unpaired) electrons. The molecule has 8 heteroatoms. The van der Waals surface area contributed by atoms with E-state index in [1.807, 2.05) is 18.2 Å². The van der Waals surface area contributed by atoms with Crippen LogP contribution in [0.25, 0.3) is 16.9 Å². The fourth-order valence-corrected chi connectivity index (χ4v) is 4.27. The Hall–Kier alpha value is -3.13. The molecule has 0 saturated heterocycles. The van der Waals surface area contributed by atoms with Crippen molar-refractivity contribution in [3.8, 4) is 22.7 Å². The number of hydrogen-bond donors (Lipinski definition) is 0. The van der Waals surface area contributed by atoms with Crippen molar-refractivity contribution in [3.63, 3.8) is 0 Å². The molecule has 1 heterocycles. The summed E-state index contributed by atoms with van der Waals surface area (Å²) in [4.78, 5) is 12.6. The molecule has 0 aliphatic heterocycles. The van der Waals surface area contributed by atoms with Gasteiger partial charge < -0.3 is 9.47 Å². The number of sulfone groups is 1. The molecule has 3 aromatic rings. The minimum atomic E-state index is -3.31. The van der Waals surface area contributed by atoms with Crippen molar-refractivity contribution < 1.29 is 22.7 Å². The second kappa shape index (κ2) is 7.04. The molecule has 1 aliphatic carbocycles. The van der Waals surface area contributed by atoms with E-state index < -0.39 is 15.8 Å². The van der Waals surface area contributed by atoms with Crippen molar-refractivity contribution in [2.45, 2.75) is 17.7 Å². The third kappa shape index (κ3) is 3.29. The van der Waals surface area contributed by atoms with Crippen LogP contribution >= 0.6 is 0 Å². The summed E-state index contributed by atoms with van der Waals surface area (Å²) in [7, 11) is -0.352. The lowest BCUT2D eigenvalue weighted by molar-refractivity contribution is 0.0592. The van der Waals surface area contributed by atoms with Crippen LogP contribution < -0.4 is 4.74 Å². The maximum atomic E-state index is 12.3. The molecule has 0 N–H and O–H groups in total. The molecule has 29 heavy (non-hydrogen) atoms. The first kappa shape index (κ1) is 19.2. The number of rotatable bonds is 4. The Morgan fingerprint density at radius 3 is 2.41 bits per heavy atom. The normalized spacial score (nSPS) is 12.8. The number of carbonyl (C=O) groups is 1. The minimum Gasteiger partial charge on any atom is -0.497 e. The highest BCUT2D eigenvalue weighted by Crippen LogP contribution is 2.38. The van der Waals surface area contributed by atoms with Crippen molar-refractivity contribution in [2.24, 2.45) is 0 Å². The van der Waals surface area contributed by atoms with Crippen molar-refractivity contribution in [3.05, 3.63) is 59.3 Å². The highest BCUT2D eigenvalue weighted by Gasteiger charge is 2.29. The zero-order chi connectivity index (χ0) is 20.8. The fourth-order valence-electron chi connectivity index (χ4n) is 3.64. The van der Waals surface area contributed by atoms with Gasteiger partial charge in [0.25, 0.3) is 0 Å². The average molecular weight is 412 g/mol. The number of nitrogens with zero attached hydrogens (tertiary/aromatic N) is 2. The van der Waals surface area contributed by atoms with E-state index in [0.29, 0.717) is 12.1 Å². The van der Waals surface area contributed by atoms with Crippen molar-refractivity contribution in [2.75, 3.05) is 20.5 Å². The molecular weight excluding hydrogens is 392 g/mol. The molecule has 0 fully saturated rings. The van der Waals surface area contributed by atoms with E-state index in [2.05, 4.69) is 5.10 Å². The van der Waals surface area contributed by atoms with Crippen LogP contribution in [0.3, 0.4) is 0 Å². The van der Waals surface area contributed by atoms with E-state index in [9.17, 15) is 13.2 Å². The predicted octanol–water partition coefficient (Wildman–Crippen LogP) is 2.84. The first-order chi connectivity index (χ1) is 13.8. The van der Waals surface area contributed by atoms with Crippen LogP contribution in [0.2, 0.25) is 0 Å². The van der Waals surface area contributed by atoms with Gasteiger partial charge in [-0.2, -0.15) is 5.10 Å². The molecule has 0 atom stereocenters. The zero-order valence-electron chi connectivity index (χ0n) is 16.3. The summed E-state index contributed by atoms with van der Waals surface area (Å²) in [6.07, 6.45) is 2.56. The lowest BCUT2D eigenvalue weighted by Crippen LogP contribution is -2.09. The lowest BCUT2D eigenvalue weighted by atomic mass is 9.88. The number of esters is 1. The molecule has 2 aromatic carbocycles. The second-order valence-electron chi connectivity index (χ2n) is 6.87. The largest absolute Gasteiger partial charge is 0.497 e.